The number of amides is 2. The van der Waals surface area contributed by atoms with Crippen LogP contribution in [0.25, 0.3) is 0 Å². The second-order valence-corrected chi connectivity index (χ2v) is 6.20. The van der Waals surface area contributed by atoms with Gasteiger partial charge in [-0.15, -0.1) is 0 Å². The van der Waals surface area contributed by atoms with Crippen LogP contribution in [-0.2, 0) is 16.0 Å². The Bertz CT molecular complexity index is 841. The van der Waals surface area contributed by atoms with Crippen molar-refractivity contribution in [3.63, 3.8) is 0 Å². The van der Waals surface area contributed by atoms with Gasteiger partial charge in [0.15, 0.2) is 0 Å². The highest BCUT2D eigenvalue weighted by molar-refractivity contribution is 6.33. The summed E-state index contributed by atoms with van der Waals surface area (Å²) >= 11 is 5.91. The van der Waals surface area contributed by atoms with E-state index in [1.807, 2.05) is 12.1 Å². The number of benzene rings is 2. The first-order chi connectivity index (χ1) is 11.9. The van der Waals surface area contributed by atoms with Gasteiger partial charge in [0.25, 0.3) is 0 Å². The Labute approximate surface area is 149 Å². The highest BCUT2D eigenvalue weighted by atomic mass is 35.5. The maximum Gasteiger partial charge on any atom is 0.243 e. The van der Waals surface area contributed by atoms with Crippen molar-refractivity contribution in [2.24, 2.45) is 0 Å². The van der Waals surface area contributed by atoms with Gasteiger partial charge in [0.05, 0.1) is 17.3 Å². The van der Waals surface area contributed by atoms with Crippen molar-refractivity contribution >= 4 is 40.5 Å². The average Bonchev–Trinajstić information content (AvgIpc) is 2.97. The van der Waals surface area contributed by atoms with Crippen molar-refractivity contribution in [3.05, 3.63) is 52.8 Å². The largest absolute Gasteiger partial charge is 0.375 e. The molecule has 0 saturated heterocycles. The number of rotatable bonds is 4. The maximum absolute atomic E-state index is 13.0. The summed E-state index contributed by atoms with van der Waals surface area (Å²) in [6.07, 6.45) is 0.766. The van der Waals surface area contributed by atoms with E-state index < -0.39 is 5.82 Å². The predicted molar refractivity (Wildman–Crippen MR) is 96.7 cm³/mol. The van der Waals surface area contributed by atoms with Gasteiger partial charge in [0.2, 0.25) is 11.8 Å². The zero-order chi connectivity index (χ0) is 18.0. The first-order valence-electron chi connectivity index (χ1n) is 7.84. The van der Waals surface area contributed by atoms with Crippen LogP contribution in [0.2, 0.25) is 5.02 Å². The highest BCUT2D eigenvalue weighted by Crippen LogP contribution is 2.30. The molecule has 25 heavy (non-hydrogen) atoms. The van der Waals surface area contributed by atoms with Gasteiger partial charge in [-0.05, 0) is 48.4 Å². The monoisotopic (exact) mass is 361 g/mol. The van der Waals surface area contributed by atoms with Gasteiger partial charge in [0.1, 0.15) is 5.82 Å². The third-order valence-corrected chi connectivity index (χ3v) is 4.32. The third kappa shape index (κ3) is 3.91. The molecule has 2 aromatic rings. The second-order valence-electron chi connectivity index (χ2n) is 5.79. The zero-order valence-electron chi connectivity index (χ0n) is 13.6. The Morgan fingerprint density at radius 1 is 1.24 bits per heavy atom. The molecule has 0 radical (unpaired) electrons. The summed E-state index contributed by atoms with van der Waals surface area (Å²) in [6, 6.07) is 9.42. The van der Waals surface area contributed by atoms with Gasteiger partial charge in [-0.3, -0.25) is 9.59 Å². The Kier molecular flexibility index (Phi) is 4.90. The number of carbonyl (C=O) groups excluding carboxylic acids is 2. The van der Waals surface area contributed by atoms with Crippen molar-refractivity contribution in [2.75, 3.05) is 28.6 Å². The molecule has 0 bridgehead atoms. The smallest absolute Gasteiger partial charge is 0.243 e. The molecule has 0 atom stereocenters. The second kappa shape index (κ2) is 7.11. The summed E-state index contributed by atoms with van der Waals surface area (Å²) in [5.41, 5.74) is 3.08. The van der Waals surface area contributed by atoms with Crippen LogP contribution in [0.15, 0.2) is 36.4 Å². The molecule has 0 fully saturated rings. The summed E-state index contributed by atoms with van der Waals surface area (Å²) in [6.45, 7) is 2.20. The van der Waals surface area contributed by atoms with E-state index >= 15 is 0 Å². The lowest BCUT2D eigenvalue weighted by atomic mass is 10.1. The molecule has 1 heterocycles. The molecule has 2 aromatic carbocycles. The van der Waals surface area contributed by atoms with E-state index in [9.17, 15) is 14.0 Å². The molecule has 0 aliphatic carbocycles. The van der Waals surface area contributed by atoms with Gasteiger partial charge in [-0.1, -0.05) is 11.6 Å². The molecule has 130 valence electrons. The minimum atomic E-state index is -0.433. The number of nitrogens with one attached hydrogen (secondary N) is 2. The standard InChI is InChI=1S/C18H17ClFN3O2/c1-11(24)23-7-6-12-8-14(3-5-17(12)23)22-18(25)10-21-16-4-2-13(20)9-15(16)19/h2-5,8-9,21H,6-7,10H2,1H3,(H,22,25). The van der Waals surface area contributed by atoms with Crippen molar-refractivity contribution in [1.29, 1.82) is 0 Å². The molecule has 7 heteroatoms. The molecule has 5 nitrogen and oxygen atoms in total. The summed E-state index contributed by atoms with van der Waals surface area (Å²) in [5.74, 6) is -0.671. The van der Waals surface area contributed by atoms with E-state index in [1.54, 1.807) is 11.0 Å². The van der Waals surface area contributed by atoms with Crippen LogP contribution in [0.3, 0.4) is 0 Å². The van der Waals surface area contributed by atoms with Gasteiger partial charge in [0, 0.05) is 24.8 Å². The van der Waals surface area contributed by atoms with Crippen LogP contribution in [0.4, 0.5) is 21.5 Å². The molecular formula is C18H17ClFN3O2. The van der Waals surface area contributed by atoms with E-state index in [-0.39, 0.29) is 23.4 Å². The number of halogens is 2. The predicted octanol–water partition coefficient (Wildman–Crippen LogP) is 3.44. The van der Waals surface area contributed by atoms with E-state index in [1.165, 1.54) is 25.1 Å². The molecule has 2 amide bonds. The lowest BCUT2D eigenvalue weighted by Crippen LogP contribution is -2.25. The van der Waals surface area contributed by atoms with Crippen molar-refractivity contribution in [3.8, 4) is 0 Å². The Hall–Kier alpha value is -2.60. The fourth-order valence-corrected chi connectivity index (χ4v) is 3.05. The summed E-state index contributed by atoms with van der Waals surface area (Å²) in [7, 11) is 0. The number of fused-ring (bicyclic) bond motifs is 1. The fourth-order valence-electron chi connectivity index (χ4n) is 2.82. The normalized spacial score (nSPS) is 12.7. The lowest BCUT2D eigenvalue weighted by Gasteiger charge is -2.15. The van der Waals surface area contributed by atoms with Crippen LogP contribution >= 0.6 is 11.6 Å². The van der Waals surface area contributed by atoms with Gasteiger partial charge in [-0.25, -0.2) is 4.39 Å². The minimum Gasteiger partial charge on any atom is -0.375 e. The van der Waals surface area contributed by atoms with Crippen LogP contribution in [0, 0.1) is 5.82 Å². The van der Waals surface area contributed by atoms with Crippen LogP contribution in [-0.4, -0.2) is 24.9 Å². The van der Waals surface area contributed by atoms with Crippen molar-refractivity contribution in [2.45, 2.75) is 13.3 Å². The summed E-state index contributed by atoms with van der Waals surface area (Å²) in [4.78, 5) is 25.4. The fraction of sp³-hybridized carbons (Fsp3) is 0.222. The number of hydrogen-bond acceptors (Lipinski definition) is 3. The number of carbonyl (C=O) groups is 2. The van der Waals surface area contributed by atoms with Gasteiger partial charge >= 0.3 is 0 Å². The van der Waals surface area contributed by atoms with Crippen LogP contribution in [0.5, 0.6) is 0 Å². The zero-order valence-corrected chi connectivity index (χ0v) is 14.4. The summed E-state index contributed by atoms with van der Waals surface area (Å²) in [5, 5.41) is 5.88. The maximum atomic E-state index is 13.0. The van der Waals surface area contributed by atoms with E-state index in [0.717, 1.165) is 17.7 Å². The molecule has 1 aliphatic heterocycles. The minimum absolute atomic E-state index is 0.00199. The molecular weight excluding hydrogens is 345 g/mol. The van der Waals surface area contributed by atoms with E-state index in [4.69, 9.17) is 11.6 Å². The van der Waals surface area contributed by atoms with Gasteiger partial charge < -0.3 is 15.5 Å². The van der Waals surface area contributed by atoms with Crippen molar-refractivity contribution < 1.29 is 14.0 Å². The lowest BCUT2D eigenvalue weighted by molar-refractivity contribution is -0.116. The molecule has 2 N–H and O–H groups in total. The molecule has 0 unspecified atom stereocenters. The highest BCUT2D eigenvalue weighted by Gasteiger charge is 2.22. The topological polar surface area (TPSA) is 61.4 Å². The first-order valence-corrected chi connectivity index (χ1v) is 8.21. The molecule has 0 aromatic heterocycles. The number of hydrogen-bond donors (Lipinski definition) is 2. The third-order valence-electron chi connectivity index (χ3n) is 4.01. The Balaban J connectivity index is 1.61. The SMILES string of the molecule is CC(=O)N1CCc2cc(NC(=O)CNc3ccc(F)cc3Cl)ccc21. The van der Waals surface area contributed by atoms with Crippen LogP contribution in [0.1, 0.15) is 12.5 Å². The number of nitrogens with zero attached hydrogens (tertiary/aromatic N) is 1. The summed E-state index contributed by atoms with van der Waals surface area (Å²) < 4.78 is 13.0. The molecule has 0 spiro atoms. The molecule has 3 rings (SSSR count). The quantitative estimate of drug-likeness (QED) is 0.877. The van der Waals surface area contributed by atoms with Crippen molar-refractivity contribution in [1.82, 2.24) is 0 Å². The van der Waals surface area contributed by atoms with E-state index in [2.05, 4.69) is 10.6 Å². The Morgan fingerprint density at radius 2 is 2.04 bits per heavy atom. The van der Waals surface area contributed by atoms with Crippen LogP contribution < -0.4 is 15.5 Å². The van der Waals surface area contributed by atoms with Gasteiger partial charge in [-0.2, -0.15) is 0 Å². The molecule has 1 aliphatic rings. The average molecular weight is 362 g/mol. The first kappa shape index (κ1) is 17.2. The Morgan fingerprint density at radius 3 is 2.76 bits per heavy atom. The number of anilines is 3. The molecule has 0 saturated carbocycles. The van der Waals surface area contributed by atoms with E-state index in [0.29, 0.717) is 17.9 Å².